The smallest absolute Gasteiger partial charge is 0.472 e. The molecule has 3 atom stereocenters. The third kappa shape index (κ3) is 20.4. The Kier molecular flexibility index (Phi) is 20.3. The van der Waals surface area contributed by atoms with Crippen molar-refractivity contribution in [3.05, 3.63) is 12.2 Å². The Morgan fingerprint density at radius 1 is 0.861 bits per heavy atom. The van der Waals surface area contributed by atoms with E-state index in [1.165, 1.54) is 19.3 Å². The highest BCUT2D eigenvalue weighted by molar-refractivity contribution is 7.47. The standard InChI is InChI=1S/C24H44NO10P/c1-3-5-6-7-8-9-10-11-12-13-14-15-16-23(27)35-20(17-32-22(26)4-2)18-33-36(30,31)34-19-21(25)24(28)29/h8-9,20-21H,3-7,10-19,25H2,1-2H3,(H,28,29)(H,30,31)/b9-8-. The number of hydrogen-bond donors (Lipinski definition) is 3. The minimum atomic E-state index is -4.67. The predicted octanol–water partition coefficient (Wildman–Crippen LogP) is 4.26. The van der Waals surface area contributed by atoms with Gasteiger partial charge >= 0.3 is 25.7 Å². The Morgan fingerprint density at radius 2 is 1.44 bits per heavy atom. The van der Waals surface area contributed by atoms with Crippen LogP contribution in [-0.2, 0) is 37.5 Å². The first-order valence-corrected chi connectivity index (χ1v) is 14.2. The van der Waals surface area contributed by atoms with Crippen molar-refractivity contribution in [1.29, 1.82) is 0 Å². The first-order chi connectivity index (χ1) is 17.1. The number of aliphatic carboxylic acids is 1. The average Bonchev–Trinajstić information content (AvgIpc) is 2.84. The fourth-order valence-corrected chi connectivity index (χ4v) is 3.70. The summed E-state index contributed by atoms with van der Waals surface area (Å²) in [4.78, 5) is 44.0. The van der Waals surface area contributed by atoms with Crippen molar-refractivity contribution in [1.82, 2.24) is 0 Å². The zero-order valence-electron chi connectivity index (χ0n) is 21.6. The number of hydrogen-bond acceptors (Lipinski definition) is 9. The minimum absolute atomic E-state index is 0.102. The summed E-state index contributed by atoms with van der Waals surface area (Å²) in [5.41, 5.74) is 5.22. The number of esters is 2. The van der Waals surface area contributed by atoms with E-state index in [-0.39, 0.29) is 19.4 Å². The van der Waals surface area contributed by atoms with Gasteiger partial charge in [0.05, 0.1) is 13.2 Å². The predicted molar refractivity (Wildman–Crippen MR) is 134 cm³/mol. The molecule has 0 radical (unpaired) electrons. The topological polar surface area (TPSA) is 172 Å². The van der Waals surface area contributed by atoms with E-state index in [9.17, 15) is 23.8 Å². The normalized spacial score (nSPS) is 14.8. The van der Waals surface area contributed by atoms with Gasteiger partial charge in [0.2, 0.25) is 0 Å². The van der Waals surface area contributed by atoms with Gasteiger partial charge in [0.25, 0.3) is 0 Å². The third-order valence-corrected chi connectivity index (χ3v) is 6.02. The maximum atomic E-state index is 12.2. The second-order valence-corrected chi connectivity index (χ2v) is 9.88. The molecule has 0 saturated heterocycles. The molecule has 0 aliphatic rings. The number of nitrogens with two attached hydrogens (primary N) is 1. The largest absolute Gasteiger partial charge is 0.480 e. The first kappa shape index (κ1) is 34.2. The van der Waals surface area contributed by atoms with Crippen LogP contribution in [0.4, 0.5) is 0 Å². The second kappa shape index (κ2) is 21.3. The van der Waals surface area contributed by atoms with Crippen LogP contribution in [0.1, 0.15) is 90.9 Å². The Bertz CT molecular complexity index is 700. The van der Waals surface area contributed by atoms with E-state index in [4.69, 9.17) is 24.8 Å². The molecule has 210 valence electrons. The van der Waals surface area contributed by atoms with Crippen LogP contribution in [0.3, 0.4) is 0 Å². The van der Waals surface area contributed by atoms with Crippen LogP contribution >= 0.6 is 7.82 Å². The van der Waals surface area contributed by atoms with Crippen molar-refractivity contribution >= 4 is 25.7 Å². The van der Waals surface area contributed by atoms with E-state index in [0.29, 0.717) is 6.42 Å². The molecule has 3 unspecified atom stereocenters. The van der Waals surface area contributed by atoms with Gasteiger partial charge in [-0.05, 0) is 32.1 Å². The van der Waals surface area contributed by atoms with Crippen LogP contribution in [0.2, 0.25) is 0 Å². The molecule has 0 aliphatic heterocycles. The number of carbonyl (C=O) groups is 3. The Morgan fingerprint density at radius 3 is 2.06 bits per heavy atom. The van der Waals surface area contributed by atoms with E-state index in [2.05, 4.69) is 23.6 Å². The molecule has 0 aromatic rings. The van der Waals surface area contributed by atoms with E-state index in [1.54, 1.807) is 6.92 Å². The van der Waals surface area contributed by atoms with Crippen LogP contribution in [0, 0.1) is 0 Å². The van der Waals surface area contributed by atoms with Gasteiger partial charge in [-0.2, -0.15) is 0 Å². The lowest BCUT2D eigenvalue weighted by molar-refractivity contribution is -0.161. The highest BCUT2D eigenvalue weighted by Gasteiger charge is 2.28. The molecule has 12 heteroatoms. The molecule has 0 heterocycles. The molecular weight excluding hydrogens is 493 g/mol. The molecule has 0 fully saturated rings. The zero-order valence-corrected chi connectivity index (χ0v) is 22.5. The van der Waals surface area contributed by atoms with Crippen LogP contribution in [0.5, 0.6) is 0 Å². The fourth-order valence-electron chi connectivity index (χ4n) is 2.92. The van der Waals surface area contributed by atoms with Gasteiger partial charge in [0.15, 0.2) is 6.10 Å². The molecule has 0 aromatic carbocycles. The molecule has 0 spiro atoms. The Labute approximate surface area is 214 Å². The summed E-state index contributed by atoms with van der Waals surface area (Å²) < 4.78 is 31.4. The number of carbonyl (C=O) groups excluding carboxylic acids is 2. The van der Waals surface area contributed by atoms with Gasteiger partial charge < -0.3 is 25.2 Å². The van der Waals surface area contributed by atoms with Gasteiger partial charge in [-0.15, -0.1) is 0 Å². The van der Waals surface area contributed by atoms with E-state index in [0.717, 1.165) is 38.5 Å². The molecular formula is C24H44NO10P. The van der Waals surface area contributed by atoms with Gasteiger partial charge in [0, 0.05) is 12.8 Å². The molecule has 0 saturated carbocycles. The van der Waals surface area contributed by atoms with E-state index >= 15 is 0 Å². The number of unbranched alkanes of at least 4 members (excludes halogenated alkanes) is 8. The summed E-state index contributed by atoms with van der Waals surface area (Å²) in [6, 6.07) is -1.51. The summed E-state index contributed by atoms with van der Waals surface area (Å²) >= 11 is 0. The molecule has 0 amide bonds. The lowest BCUT2D eigenvalue weighted by Gasteiger charge is -2.20. The fraction of sp³-hybridized carbons (Fsp3) is 0.792. The highest BCUT2D eigenvalue weighted by atomic mass is 31.2. The quantitative estimate of drug-likeness (QED) is 0.0735. The molecule has 4 N–H and O–H groups in total. The van der Waals surface area contributed by atoms with Gasteiger partial charge in [0.1, 0.15) is 12.6 Å². The summed E-state index contributed by atoms with van der Waals surface area (Å²) in [6.45, 7) is 2.07. The summed E-state index contributed by atoms with van der Waals surface area (Å²) in [6.07, 6.45) is 14.2. The number of carboxylic acid groups (broad SMARTS) is 1. The minimum Gasteiger partial charge on any atom is -0.480 e. The number of allylic oxidation sites excluding steroid dienone is 2. The maximum Gasteiger partial charge on any atom is 0.472 e. The van der Waals surface area contributed by atoms with Crippen LogP contribution in [0.15, 0.2) is 12.2 Å². The number of phosphoric acid groups is 1. The Balaban J connectivity index is 4.30. The van der Waals surface area contributed by atoms with Crippen molar-refractivity contribution in [3.8, 4) is 0 Å². The summed E-state index contributed by atoms with van der Waals surface area (Å²) in [5, 5.41) is 8.70. The van der Waals surface area contributed by atoms with Crippen molar-refractivity contribution in [2.45, 2.75) is 103 Å². The SMILES string of the molecule is CCCCC/C=C\CCCCCCCC(=O)OC(COC(=O)CC)COP(=O)(O)OCC(N)C(=O)O. The summed E-state index contributed by atoms with van der Waals surface area (Å²) in [7, 11) is -4.67. The maximum absolute atomic E-state index is 12.2. The first-order valence-electron chi connectivity index (χ1n) is 12.7. The van der Waals surface area contributed by atoms with Crippen LogP contribution < -0.4 is 5.73 Å². The van der Waals surface area contributed by atoms with E-state index < -0.39 is 51.1 Å². The van der Waals surface area contributed by atoms with Crippen molar-refractivity contribution in [3.63, 3.8) is 0 Å². The van der Waals surface area contributed by atoms with Crippen LogP contribution in [0.25, 0.3) is 0 Å². The van der Waals surface area contributed by atoms with E-state index in [1.807, 2.05) is 0 Å². The lowest BCUT2D eigenvalue weighted by Crippen LogP contribution is -2.34. The summed E-state index contributed by atoms with van der Waals surface area (Å²) in [5.74, 6) is -2.50. The third-order valence-electron chi connectivity index (χ3n) is 5.07. The molecule has 0 aliphatic carbocycles. The van der Waals surface area contributed by atoms with Crippen LogP contribution in [-0.4, -0.2) is 59.9 Å². The number of carboxylic acids is 1. The molecule has 0 aromatic heterocycles. The van der Waals surface area contributed by atoms with Gasteiger partial charge in [-0.3, -0.25) is 23.4 Å². The number of ether oxygens (including phenoxy) is 2. The van der Waals surface area contributed by atoms with Crippen molar-refractivity contribution < 1.29 is 47.5 Å². The Hall–Kier alpha value is -1.78. The van der Waals surface area contributed by atoms with Crippen molar-refractivity contribution in [2.75, 3.05) is 19.8 Å². The van der Waals surface area contributed by atoms with Gasteiger partial charge in [-0.25, -0.2) is 4.57 Å². The van der Waals surface area contributed by atoms with Crippen molar-refractivity contribution in [2.24, 2.45) is 5.73 Å². The molecule has 0 rings (SSSR count). The number of phosphoric ester groups is 1. The number of rotatable bonds is 23. The zero-order chi connectivity index (χ0) is 27.2. The highest BCUT2D eigenvalue weighted by Crippen LogP contribution is 2.43. The molecule has 11 nitrogen and oxygen atoms in total. The van der Waals surface area contributed by atoms with Gasteiger partial charge in [-0.1, -0.05) is 58.1 Å². The molecule has 36 heavy (non-hydrogen) atoms. The monoisotopic (exact) mass is 537 g/mol. The lowest BCUT2D eigenvalue weighted by atomic mass is 10.1. The second-order valence-electron chi connectivity index (χ2n) is 8.43. The molecule has 0 bridgehead atoms. The average molecular weight is 538 g/mol.